The molecule has 1 aromatic heterocycles. The lowest BCUT2D eigenvalue weighted by Crippen LogP contribution is -2.36. The zero-order valence-corrected chi connectivity index (χ0v) is 12.7. The number of hydrogen-bond acceptors (Lipinski definition) is 4. The number of fused-ring (bicyclic) bond motifs is 1. The third-order valence-electron chi connectivity index (χ3n) is 3.18. The Morgan fingerprint density at radius 2 is 1.86 bits per heavy atom. The summed E-state index contributed by atoms with van der Waals surface area (Å²) in [7, 11) is 0. The first-order valence-corrected chi connectivity index (χ1v) is 7.19. The number of carboxylic acid groups (broad SMARTS) is 1. The molecule has 2 aromatic rings. The number of nitrogens with zero attached hydrogens (tertiary/aromatic N) is 3. The summed E-state index contributed by atoms with van der Waals surface area (Å²) in [5.74, 6) is -0.827. The lowest BCUT2D eigenvalue weighted by molar-refractivity contribution is -0.137. The van der Waals surface area contributed by atoms with Gasteiger partial charge in [0, 0.05) is 31.0 Å². The average Bonchev–Trinajstić information content (AvgIpc) is 2.49. The van der Waals surface area contributed by atoms with E-state index in [4.69, 9.17) is 5.11 Å². The van der Waals surface area contributed by atoms with Gasteiger partial charge in [-0.05, 0) is 24.1 Å². The van der Waals surface area contributed by atoms with Crippen LogP contribution in [0.5, 0.6) is 0 Å². The van der Waals surface area contributed by atoms with E-state index in [9.17, 15) is 9.59 Å². The molecular weight excluding hydrogens is 282 g/mol. The number of rotatable bonds is 6. The lowest BCUT2D eigenvalue weighted by Gasteiger charge is -2.24. The Balaban J connectivity index is 2.24. The van der Waals surface area contributed by atoms with Crippen LogP contribution in [0, 0.1) is 5.92 Å². The summed E-state index contributed by atoms with van der Waals surface area (Å²) >= 11 is 0. The Morgan fingerprint density at radius 3 is 2.50 bits per heavy atom. The average molecular weight is 301 g/mol. The van der Waals surface area contributed by atoms with Gasteiger partial charge < -0.3 is 10.0 Å². The van der Waals surface area contributed by atoms with Crippen molar-refractivity contribution in [2.75, 3.05) is 13.1 Å². The normalized spacial score (nSPS) is 10.9. The van der Waals surface area contributed by atoms with Crippen LogP contribution in [0.15, 0.2) is 30.6 Å². The molecule has 0 saturated heterocycles. The maximum atomic E-state index is 12.6. The number of aliphatic carboxylic acids is 1. The SMILES string of the molecule is CC(C)CN(CCC(=O)O)C(=O)c1ccc2nccnc2c1. The van der Waals surface area contributed by atoms with E-state index in [1.165, 1.54) is 0 Å². The minimum absolute atomic E-state index is 0.0636. The lowest BCUT2D eigenvalue weighted by atomic mass is 10.1. The highest BCUT2D eigenvalue weighted by atomic mass is 16.4. The van der Waals surface area contributed by atoms with Crippen LogP contribution in [0.4, 0.5) is 0 Å². The Labute approximate surface area is 128 Å². The molecule has 0 aliphatic rings. The van der Waals surface area contributed by atoms with Crippen LogP contribution < -0.4 is 0 Å². The number of carboxylic acids is 1. The van der Waals surface area contributed by atoms with Crippen molar-refractivity contribution in [2.24, 2.45) is 5.92 Å². The summed E-state index contributed by atoms with van der Waals surface area (Å²) in [6.07, 6.45) is 3.11. The molecule has 0 fully saturated rings. The fourth-order valence-electron chi connectivity index (χ4n) is 2.23. The van der Waals surface area contributed by atoms with E-state index in [-0.39, 0.29) is 24.8 Å². The topological polar surface area (TPSA) is 83.4 Å². The second-order valence-electron chi connectivity index (χ2n) is 5.55. The van der Waals surface area contributed by atoms with Crippen molar-refractivity contribution in [2.45, 2.75) is 20.3 Å². The van der Waals surface area contributed by atoms with Crippen molar-refractivity contribution in [3.05, 3.63) is 36.2 Å². The van der Waals surface area contributed by atoms with Crippen LogP contribution in [0.3, 0.4) is 0 Å². The minimum atomic E-state index is -0.911. The highest BCUT2D eigenvalue weighted by Crippen LogP contribution is 2.14. The van der Waals surface area contributed by atoms with E-state index in [1.807, 2.05) is 13.8 Å². The molecule has 22 heavy (non-hydrogen) atoms. The molecule has 0 bridgehead atoms. The van der Waals surface area contributed by atoms with Gasteiger partial charge in [-0.3, -0.25) is 19.6 Å². The van der Waals surface area contributed by atoms with Crippen molar-refractivity contribution < 1.29 is 14.7 Å². The molecule has 1 heterocycles. The number of aromatic nitrogens is 2. The van der Waals surface area contributed by atoms with Gasteiger partial charge in [0.1, 0.15) is 0 Å². The molecule has 0 unspecified atom stereocenters. The molecule has 1 amide bonds. The predicted molar refractivity (Wildman–Crippen MR) is 82.5 cm³/mol. The fourth-order valence-corrected chi connectivity index (χ4v) is 2.23. The van der Waals surface area contributed by atoms with Crippen LogP contribution in [-0.4, -0.2) is 44.9 Å². The van der Waals surface area contributed by atoms with Gasteiger partial charge in [0.2, 0.25) is 0 Å². The summed E-state index contributed by atoms with van der Waals surface area (Å²) in [5, 5.41) is 8.83. The third-order valence-corrected chi connectivity index (χ3v) is 3.18. The summed E-state index contributed by atoms with van der Waals surface area (Å²) in [6, 6.07) is 5.15. The smallest absolute Gasteiger partial charge is 0.305 e. The van der Waals surface area contributed by atoms with Crippen molar-refractivity contribution in [3.63, 3.8) is 0 Å². The molecule has 1 N–H and O–H groups in total. The molecule has 116 valence electrons. The second-order valence-corrected chi connectivity index (χ2v) is 5.55. The maximum Gasteiger partial charge on any atom is 0.305 e. The Bertz CT molecular complexity index is 685. The molecule has 6 nitrogen and oxygen atoms in total. The van der Waals surface area contributed by atoms with Crippen LogP contribution >= 0.6 is 0 Å². The first-order valence-electron chi connectivity index (χ1n) is 7.19. The number of carbonyl (C=O) groups excluding carboxylic acids is 1. The van der Waals surface area contributed by atoms with Gasteiger partial charge in [0.25, 0.3) is 5.91 Å². The molecule has 1 aromatic carbocycles. The zero-order chi connectivity index (χ0) is 16.1. The number of benzene rings is 1. The van der Waals surface area contributed by atoms with Crippen LogP contribution in [0.25, 0.3) is 11.0 Å². The third kappa shape index (κ3) is 4.00. The van der Waals surface area contributed by atoms with E-state index in [0.29, 0.717) is 17.6 Å². The van der Waals surface area contributed by atoms with Crippen LogP contribution in [-0.2, 0) is 4.79 Å². The summed E-state index contributed by atoms with van der Waals surface area (Å²) < 4.78 is 0. The standard InChI is InChI=1S/C16H19N3O3/c1-11(2)10-19(8-5-15(20)21)16(22)12-3-4-13-14(9-12)18-7-6-17-13/h3-4,6-7,9,11H,5,8,10H2,1-2H3,(H,20,21). The molecule has 2 rings (SSSR count). The van der Waals surface area contributed by atoms with Gasteiger partial charge >= 0.3 is 5.97 Å². The molecular formula is C16H19N3O3. The van der Waals surface area contributed by atoms with Gasteiger partial charge in [-0.2, -0.15) is 0 Å². The van der Waals surface area contributed by atoms with Gasteiger partial charge in [-0.15, -0.1) is 0 Å². The molecule has 0 atom stereocenters. The Morgan fingerprint density at radius 1 is 1.18 bits per heavy atom. The van der Waals surface area contributed by atoms with E-state index in [0.717, 1.165) is 5.52 Å². The highest BCUT2D eigenvalue weighted by molar-refractivity contribution is 5.97. The largest absolute Gasteiger partial charge is 0.481 e. The van der Waals surface area contributed by atoms with Gasteiger partial charge in [-0.25, -0.2) is 0 Å². The number of amides is 1. The van der Waals surface area contributed by atoms with Gasteiger partial charge in [0.15, 0.2) is 0 Å². The van der Waals surface area contributed by atoms with Crippen molar-refractivity contribution in [3.8, 4) is 0 Å². The van der Waals surface area contributed by atoms with E-state index >= 15 is 0 Å². The van der Waals surface area contributed by atoms with Gasteiger partial charge in [0.05, 0.1) is 17.5 Å². The second kappa shape index (κ2) is 6.98. The first kappa shape index (κ1) is 15.9. The van der Waals surface area contributed by atoms with Gasteiger partial charge in [-0.1, -0.05) is 13.8 Å². The molecule has 0 aliphatic carbocycles. The van der Waals surface area contributed by atoms with Crippen LogP contribution in [0.1, 0.15) is 30.6 Å². The molecule has 0 spiro atoms. The molecule has 0 saturated carbocycles. The Kier molecular flexibility index (Phi) is 5.04. The van der Waals surface area contributed by atoms with Crippen molar-refractivity contribution in [1.82, 2.24) is 14.9 Å². The summed E-state index contributed by atoms with van der Waals surface area (Å²) in [6.45, 7) is 4.70. The highest BCUT2D eigenvalue weighted by Gasteiger charge is 2.18. The summed E-state index contributed by atoms with van der Waals surface area (Å²) in [5.41, 5.74) is 1.87. The number of hydrogen-bond donors (Lipinski definition) is 1. The van der Waals surface area contributed by atoms with E-state index < -0.39 is 5.97 Å². The quantitative estimate of drug-likeness (QED) is 0.884. The van der Waals surface area contributed by atoms with E-state index in [2.05, 4.69) is 9.97 Å². The summed E-state index contributed by atoms with van der Waals surface area (Å²) in [4.78, 5) is 33.3. The molecule has 0 radical (unpaired) electrons. The van der Waals surface area contributed by atoms with E-state index in [1.54, 1.807) is 35.5 Å². The van der Waals surface area contributed by atoms with Crippen molar-refractivity contribution >= 4 is 22.9 Å². The monoisotopic (exact) mass is 301 g/mol. The van der Waals surface area contributed by atoms with Crippen LogP contribution in [0.2, 0.25) is 0 Å². The predicted octanol–water partition coefficient (Wildman–Crippen LogP) is 2.20. The maximum absolute atomic E-state index is 12.6. The fraction of sp³-hybridized carbons (Fsp3) is 0.375. The molecule has 6 heteroatoms. The zero-order valence-electron chi connectivity index (χ0n) is 12.7. The first-order chi connectivity index (χ1) is 10.5. The Hall–Kier alpha value is -2.50. The van der Waals surface area contributed by atoms with Crippen molar-refractivity contribution in [1.29, 1.82) is 0 Å². The minimum Gasteiger partial charge on any atom is -0.481 e. The number of carbonyl (C=O) groups is 2. The molecule has 0 aliphatic heterocycles.